The fourth-order valence-electron chi connectivity index (χ4n) is 3.89. The number of aryl methyl sites for hydroxylation is 2. The largest absolute Gasteiger partial charge is 0.337 e. The Kier molecular flexibility index (Phi) is 6.66. The summed E-state index contributed by atoms with van der Waals surface area (Å²) in [6.07, 6.45) is 0. The molecule has 2 aromatic carbocycles. The number of amides is 1. The van der Waals surface area contributed by atoms with Crippen molar-refractivity contribution in [1.82, 2.24) is 14.5 Å². The molecule has 0 N–H and O–H groups in total. The monoisotopic (exact) mass is 423 g/mol. The highest BCUT2D eigenvalue weighted by Crippen LogP contribution is 2.23. The predicted molar refractivity (Wildman–Crippen MR) is 125 cm³/mol. The van der Waals surface area contributed by atoms with Crippen LogP contribution in [0.15, 0.2) is 52.4 Å². The van der Waals surface area contributed by atoms with Crippen LogP contribution in [0.25, 0.3) is 16.6 Å². The van der Waals surface area contributed by atoms with Gasteiger partial charge in [0.05, 0.1) is 22.3 Å². The average molecular weight is 424 g/mol. The molecule has 0 saturated carbocycles. The Labute approximate surface area is 182 Å². The summed E-state index contributed by atoms with van der Waals surface area (Å²) >= 11 is 1.31. The first kappa shape index (κ1) is 22.1. The van der Waals surface area contributed by atoms with Crippen molar-refractivity contribution in [3.05, 3.63) is 63.9 Å². The number of hydrogen-bond acceptors (Lipinski definition) is 4. The zero-order valence-corrected chi connectivity index (χ0v) is 19.3. The van der Waals surface area contributed by atoms with Gasteiger partial charge in [-0.25, -0.2) is 4.98 Å². The van der Waals surface area contributed by atoms with Gasteiger partial charge in [-0.2, -0.15) is 0 Å². The van der Waals surface area contributed by atoms with Gasteiger partial charge in [0.2, 0.25) is 5.91 Å². The molecule has 0 bridgehead atoms. The molecule has 0 unspecified atom stereocenters. The minimum atomic E-state index is -0.120. The van der Waals surface area contributed by atoms with E-state index in [0.29, 0.717) is 16.1 Å². The second-order valence-corrected chi connectivity index (χ2v) is 9.12. The molecule has 0 radical (unpaired) electrons. The van der Waals surface area contributed by atoms with E-state index in [1.54, 1.807) is 10.6 Å². The van der Waals surface area contributed by atoms with E-state index in [0.717, 1.165) is 16.8 Å². The van der Waals surface area contributed by atoms with E-state index in [9.17, 15) is 9.59 Å². The van der Waals surface area contributed by atoms with Gasteiger partial charge in [-0.3, -0.25) is 14.2 Å². The normalized spacial score (nSPS) is 11.5. The third-order valence-corrected chi connectivity index (χ3v) is 5.86. The van der Waals surface area contributed by atoms with E-state index in [1.807, 2.05) is 76.8 Å². The molecule has 0 aliphatic carbocycles. The predicted octanol–water partition coefficient (Wildman–Crippen LogP) is 4.74. The summed E-state index contributed by atoms with van der Waals surface area (Å²) in [7, 11) is 0. The summed E-state index contributed by atoms with van der Waals surface area (Å²) in [6, 6.07) is 13.6. The second-order valence-electron chi connectivity index (χ2n) is 8.18. The van der Waals surface area contributed by atoms with Crippen molar-refractivity contribution in [2.75, 3.05) is 5.75 Å². The average Bonchev–Trinajstić information content (AvgIpc) is 2.65. The van der Waals surface area contributed by atoms with Crippen LogP contribution < -0.4 is 5.56 Å². The third kappa shape index (κ3) is 4.59. The number of para-hydroxylation sites is 1. The van der Waals surface area contributed by atoms with E-state index in [4.69, 9.17) is 4.98 Å². The van der Waals surface area contributed by atoms with Crippen LogP contribution in [0, 0.1) is 13.8 Å². The van der Waals surface area contributed by atoms with Gasteiger partial charge in [0.25, 0.3) is 5.56 Å². The Morgan fingerprint density at radius 1 is 1.03 bits per heavy atom. The Morgan fingerprint density at radius 3 is 2.23 bits per heavy atom. The first-order valence-electron chi connectivity index (χ1n) is 10.2. The lowest BCUT2D eigenvalue weighted by atomic mass is 10.1. The maximum atomic E-state index is 13.4. The fraction of sp³-hybridized carbons (Fsp3) is 0.375. The Hall–Kier alpha value is -2.60. The topological polar surface area (TPSA) is 55.2 Å². The van der Waals surface area contributed by atoms with Crippen molar-refractivity contribution in [3.63, 3.8) is 0 Å². The van der Waals surface area contributed by atoms with Gasteiger partial charge in [0.15, 0.2) is 5.16 Å². The van der Waals surface area contributed by atoms with Crippen LogP contribution in [0.3, 0.4) is 0 Å². The second kappa shape index (κ2) is 9.04. The summed E-state index contributed by atoms with van der Waals surface area (Å²) in [5.41, 5.74) is 3.44. The zero-order valence-electron chi connectivity index (χ0n) is 18.5. The highest BCUT2D eigenvalue weighted by molar-refractivity contribution is 7.99. The Balaban J connectivity index is 2.09. The van der Waals surface area contributed by atoms with Crippen LogP contribution in [0.4, 0.5) is 0 Å². The molecule has 1 aromatic heterocycles. The lowest BCUT2D eigenvalue weighted by molar-refractivity contribution is -0.131. The van der Waals surface area contributed by atoms with E-state index in [-0.39, 0.29) is 29.3 Å². The number of fused-ring (bicyclic) bond motifs is 1. The molecule has 0 saturated heterocycles. The van der Waals surface area contributed by atoms with Crippen LogP contribution in [-0.4, -0.2) is 38.2 Å². The first-order valence-corrected chi connectivity index (χ1v) is 11.2. The molecule has 1 heterocycles. The Morgan fingerprint density at radius 2 is 1.63 bits per heavy atom. The van der Waals surface area contributed by atoms with Crippen molar-refractivity contribution in [1.29, 1.82) is 0 Å². The highest BCUT2D eigenvalue weighted by atomic mass is 32.2. The molecule has 5 nitrogen and oxygen atoms in total. The molecular weight excluding hydrogens is 394 g/mol. The number of carbonyl (C=O) groups excluding carboxylic acids is 1. The van der Waals surface area contributed by atoms with E-state index >= 15 is 0 Å². The molecule has 158 valence electrons. The van der Waals surface area contributed by atoms with E-state index in [2.05, 4.69) is 6.07 Å². The maximum Gasteiger partial charge on any atom is 0.266 e. The minimum Gasteiger partial charge on any atom is -0.337 e. The quantitative estimate of drug-likeness (QED) is 0.424. The third-order valence-electron chi connectivity index (χ3n) is 4.93. The van der Waals surface area contributed by atoms with Crippen LogP contribution in [0.1, 0.15) is 38.8 Å². The van der Waals surface area contributed by atoms with E-state index in [1.165, 1.54) is 11.8 Å². The molecule has 0 aliphatic heterocycles. The van der Waals surface area contributed by atoms with Crippen LogP contribution in [0.5, 0.6) is 0 Å². The van der Waals surface area contributed by atoms with Gasteiger partial charge in [-0.1, -0.05) is 30.0 Å². The minimum absolute atomic E-state index is 0.0411. The molecule has 3 aromatic rings. The van der Waals surface area contributed by atoms with Crippen molar-refractivity contribution in [2.24, 2.45) is 0 Å². The number of hydrogen-bond donors (Lipinski definition) is 0. The molecular formula is C24H29N3O2S. The van der Waals surface area contributed by atoms with Gasteiger partial charge < -0.3 is 4.90 Å². The number of aromatic nitrogens is 2. The molecule has 1 amide bonds. The lowest BCUT2D eigenvalue weighted by Gasteiger charge is -2.30. The number of thioether (sulfide) groups is 1. The summed E-state index contributed by atoms with van der Waals surface area (Å²) in [5, 5.41) is 1.10. The molecule has 0 atom stereocenters. The number of benzene rings is 2. The molecule has 0 aliphatic rings. The van der Waals surface area contributed by atoms with Crippen molar-refractivity contribution in [3.8, 4) is 5.69 Å². The van der Waals surface area contributed by atoms with Crippen LogP contribution >= 0.6 is 11.8 Å². The molecule has 0 fully saturated rings. The molecule has 30 heavy (non-hydrogen) atoms. The number of carbonyl (C=O) groups is 1. The Bertz CT molecular complexity index is 1110. The number of rotatable bonds is 6. The summed E-state index contributed by atoms with van der Waals surface area (Å²) in [5.74, 6) is 0.269. The zero-order chi connectivity index (χ0) is 22.0. The van der Waals surface area contributed by atoms with Gasteiger partial charge in [-0.15, -0.1) is 0 Å². The summed E-state index contributed by atoms with van der Waals surface area (Å²) < 4.78 is 1.63. The van der Waals surface area contributed by atoms with Gasteiger partial charge in [0, 0.05) is 12.1 Å². The van der Waals surface area contributed by atoms with E-state index < -0.39 is 0 Å². The SMILES string of the molecule is Cc1cc(C)cc(-n2c(SCC(=O)N(C(C)C)C(C)C)nc3ccccc3c2=O)c1. The first-order chi connectivity index (χ1) is 14.2. The standard InChI is InChI=1S/C24H29N3O2S/c1-15(2)26(16(3)4)22(28)14-30-24-25-21-10-8-7-9-20(21)23(29)27(24)19-12-17(5)11-18(6)13-19/h7-13,15-16H,14H2,1-6H3. The molecule has 3 rings (SSSR count). The molecule has 6 heteroatoms. The van der Waals surface area contributed by atoms with Gasteiger partial charge in [0.1, 0.15) is 0 Å². The highest BCUT2D eigenvalue weighted by Gasteiger charge is 2.22. The van der Waals surface area contributed by atoms with Crippen molar-refractivity contribution >= 4 is 28.6 Å². The smallest absolute Gasteiger partial charge is 0.266 e. The number of nitrogens with zero attached hydrogens (tertiary/aromatic N) is 3. The maximum absolute atomic E-state index is 13.4. The van der Waals surface area contributed by atoms with Crippen molar-refractivity contribution in [2.45, 2.75) is 58.8 Å². The molecule has 0 spiro atoms. The van der Waals surface area contributed by atoms with Crippen molar-refractivity contribution < 1.29 is 4.79 Å². The summed E-state index contributed by atoms with van der Waals surface area (Å²) in [4.78, 5) is 32.9. The van der Waals surface area contributed by atoms with Gasteiger partial charge >= 0.3 is 0 Å². The van der Waals surface area contributed by atoms with Crippen LogP contribution in [-0.2, 0) is 4.79 Å². The van der Waals surface area contributed by atoms with Crippen LogP contribution in [0.2, 0.25) is 0 Å². The fourth-order valence-corrected chi connectivity index (χ4v) is 4.77. The van der Waals surface area contributed by atoms with Gasteiger partial charge in [-0.05, 0) is 76.9 Å². The lowest BCUT2D eigenvalue weighted by Crippen LogP contribution is -2.43. The summed E-state index contributed by atoms with van der Waals surface area (Å²) in [6.45, 7) is 12.1.